The monoisotopic (exact) mass is 441 g/mol. The molecular formula is C28H29N2O3+. The third-order valence-electron chi connectivity index (χ3n) is 6.46. The molecule has 2 heterocycles. The van der Waals surface area contributed by atoms with Gasteiger partial charge in [0.1, 0.15) is 11.4 Å². The van der Waals surface area contributed by atoms with E-state index in [-0.39, 0.29) is 0 Å². The largest absolute Gasteiger partial charge is 0.497 e. The first-order valence-corrected chi connectivity index (χ1v) is 11.1. The zero-order valence-electron chi connectivity index (χ0n) is 19.8. The second kappa shape index (κ2) is 8.32. The van der Waals surface area contributed by atoms with Gasteiger partial charge in [0.2, 0.25) is 0 Å². The van der Waals surface area contributed by atoms with E-state index < -0.39 is 0 Å². The van der Waals surface area contributed by atoms with Crippen LogP contribution in [0.3, 0.4) is 0 Å². The number of benzene rings is 3. The summed E-state index contributed by atoms with van der Waals surface area (Å²) in [6, 6.07) is 21.2. The number of fused-ring (bicyclic) bond motifs is 4. The van der Waals surface area contributed by atoms with Crippen LogP contribution in [0.4, 0.5) is 5.82 Å². The van der Waals surface area contributed by atoms with Crippen LogP contribution in [0, 0.1) is 0 Å². The molecule has 5 rings (SSSR count). The zero-order valence-corrected chi connectivity index (χ0v) is 19.8. The van der Waals surface area contributed by atoms with Crippen molar-refractivity contribution in [2.45, 2.75) is 13.0 Å². The van der Waals surface area contributed by atoms with Gasteiger partial charge in [-0.05, 0) is 35.4 Å². The van der Waals surface area contributed by atoms with E-state index >= 15 is 0 Å². The van der Waals surface area contributed by atoms with E-state index in [0.29, 0.717) is 0 Å². The Morgan fingerprint density at radius 2 is 1.61 bits per heavy atom. The number of ether oxygens (including phenoxy) is 3. The SMILES string of the molecule is COc1ccc2c(c1)CC[n+]1c-2cc2c(-c3ccccc3)c(OC)c(OC)cc2c1N(C)C. The number of hydrogen-bond acceptors (Lipinski definition) is 4. The van der Waals surface area contributed by atoms with Crippen molar-refractivity contribution in [1.29, 1.82) is 0 Å². The van der Waals surface area contributed by atoms with Crippen LogP contribution in [-0.4, -0.2) is 35.4 Å². The van der Waals surface area contributed by atoms with Crippen LogP contribution in [0.25, 0.3) is 33.2 Å². The lowest BCUT2D eigenvalue weighted by molar-refractivity contribution is -0.674. The summed E-state index contributed by atoms with van der Waals surface area (Å²) in [4.78, 5) is 2.20. The molecule has 0 radical (unpaired) electrons. The van der Waals surface area contributed by atoms with Crippen LogP contribution in [0.15, 0.2) is 60.7 Å². The molecule has 33 heavy (non-hydrogen) atoms. The third-order valence-corrected chi connectivity index (χ3v) is 6.46. The minimum Gasteiger partial charge on any atom is -0.497 e. The number of hydrogen-bond donors (Lipinski definition) is 0. The summed E-state index contributed by atoms with van der Waals surface area (Å²) in [7, 11) is 9.33. The van der Waals surface area contributed by atoms with Gasteiger partial charge >= 0.3 is 0 Å². The Labute approximate surface area is 194 Å². The minimum atomic E-state index is 0.730. The fraction of sp³-hybridized carbons (Fsp3) is 0.250. The normalized spacial score (nSPS) is 12.2. The summed E-state index contributed by atoms with van der Waals surface area (Å²) in [5.74, 6) is 3.53. The van der Waals surface area contributed by atoms with E-state index in [1.165, 1.54) is 16.8 Å². The third kappa shape index (κ3) is 3.35. The summed E-state index contributed by atoms with van der Waals surface area (Å²) in [5, 5.41) is 2.27. The lowest BCUT2D eigenvalue weighted by Crippen LogP contribution is -2.45. The highest BCUT2D eigenvalue weighted by molar-refractivity contribution is 6.06. The van der Waals surface area contributed by atoms with Gasteiger partial charge in [0.15, 0.2) is 11.5 Å². The van der Waals surface area contributed by atoms with E-state index in [1.54, 1.807) is 21.3 Å². The smallest absolute Gasteiger partial charge is 0.284 e. The number of nitrogens with zero attached hydrogens (tertiary/aromatic N) is 2. The van der Waals surface area contributed by atoms with Gasteiger partial charge in [-0.15, -0.1) is 0 Å². The molecule has 3 aromatic carbocycles. The average Bonchev–Trinajstić information content (AvgIpc) is 2.85. The van der Waals surface area contributed by atoms with Crippen LogP contribution in [0.5, 0.6) is 17.2 Å². The molecule has 1 aliphatic rings. The van der Waals surface area contributed by atoms with Crippen LogP contribution >= 0.6 is 0 Å². The van der Waals surface area contributed by atoms with Gasteiger partial charge in [0.05, 0.1) is 47.4 Å². The quantitative estimate of drug-likeness (QED) is 0.403. The highest BCUT2D eigenvalue weighted by atomic mass is 16.5. The second-order valence-corrected chi connectivity index (χ2v) is 8.49. The van der Waals surface area contributed by atoms with Gasteiger partial charge in [0.25, 0.3) is 5.82 Å². The van der Waals surface area contributed by atoms with Crippen LogP contribution in [0.1, 0.15) is 5.56 Å². The summed E-state index contributed by atoms with van der Waals surface area (Å²) in [5.41, 5.74) is 5.87. The Balaban J connectivity index is 1.93. The minimum absolute atomic E-state index is 0.730. The summed E-state index contributed by atoms with van der Waals surface area (Å²) in [6.07, 6.45) is 0.954. The number of pyridine rings is 1. The fourth-order valence-electron chi connectivity index (χ4n) is 5.03. The van der Waals surface area contributed by atoms with E-state index in [2.05, 4.69) is 72.1 Å². The number of rotatable bonds is 5. The van der Waals surface area contributed by atoms with E-state index in [0.717, 1.165) is 57.9 Å². The molecule has 0 atom stereocenters. The molecule has 0 saturated heterocycles. The van der Waals surface area contributed by atoms with E-state index in [4.69, 9.17) is 14.2 Å². The van der Waals surface area contributed by atoms with Crippen molar-refractivity contribution in [3.63, 3.8) is 0 Å². The number of aryl methyl sites for hydroxylation is 1. The van der Waals surface area contributed by atoms with Gasteiger partial charge in [-0.3, -0.25) is 4.90 Å². The fourth-order valence-corrected chi connectivity index (χ4v) is 5.03. The molecule has 0 aliphatic carbocycles. The first kappa shape index (κ1) is 21.1. The van der Waals surface area contributed by atoms with Gasteiger partial charge in [-0.2, -0.15) is 0 Å². The Morgan fingerprint density at radius 3 is 2.27 bits per heavy atom. The molecule has 4 aromatic rings. The van der Waals surface area contributed by atoms with Gasteiger partial charge < -0.3 is 14.2 Å². The van der Waals surface area contributed by atoms with Crippen LogP contribution < -0.4 is 23.7 Å². The average molecular weight is 442 g/mol. The second-order valence-electron chi connectivity index (χ2n) is 8.49. The molecule has 0 bridgehead atoms. The predicted molar refractivity (Wildman–Crippen MR) is 133 cm³/mol. The van der Waals surface area contributed by atoms with Crippen molar-refractivity contribution in [2.24, 2.45) is 0 Å². The predicted octanol–water partition coefficient (Wildman–Crippen LogP) is 5.11. The van der Waals surface area contributed by atoms with Gasteiger partial charge in [0, 0.05) is 29.0 Å². The molecule has 1 aromatic heterocycles. The van der Waals surface area contributed by atoms with Crippen molar-refractivity contribution >= 4 is 16.6 Å². The van der Waals surface area contributed by atoms with Gasteiger partial charge in [-0.1, -0.05) is 30.3 Å². The topological polar surface area (TPSA) is 34.8 Å². The van der Waals surface area contributed by atoms with E-state index in [1.807, 2.05) is 12.1 Å². The Hall–Kier alpha value is -3.73. The van der Waals surface area contributed by atoms with Gasteiger partial charge in [-0.25, -0.2) is 4.57 Å². The molecule has 1 aliphatic heterocycles. The molecule has 0 amide bonds. The van der Waals surface area contributed by atoms with Crippen molar-refractivity contribution in [2.75, 3.05) is 40.3 Å². The van der Waals surface area contributed by atoms with Crippen molar-refractivity contribution < 1.29 is 18.8 Å². The van der Waals surface area contributed by atoms with Crippen molar-refractivity contribution in [3.8, 4) is 39.6 Å². The maximum atomic E-state index is 5.91. The zero-order chi connectivity index (χ0) is 23.1. The molecule has 0 unspecified atom stereocenters. The number of anilines is 1. The Morgan fingerprint density at radius 1 is 0.818 bits per heavy atom. The lowest BCUT2D eigenvalue weighted by atomic mass is 9.91. The first-order valence-electron chi connectivity index (χ1n) is 11.1. The number of methoxy groups -OCH3 is 3. The van der Waals surface area contributed by atoms with E-state index in [9.17, 15) is 0 Å². The van der Waals surface area contributed by atoms with Crippen molar-refractivity contribution in [3.05, 3.63) is 66.2 Å². The molecule has 5 nitrogen and oxygen atoms in total. The molecular weight excluding hydrogens is 412 g/mol. The van der Waals surface area contributed by atoms with Crippen molar-refractivity contribution in [1.82, 2.24) is 0 Å². The molecule has 0 saturated carbocycles. The summed E-state index contributed by atoms with van der Waals surface area (Å²) >= 11 is 0. The maximum absolute atomic E-state index is 5.91. The molecule has 0 spiro atoms. The standard InChI is InChI=1S/C28H29N2O3/c1-29(2)28-23-17-25(32-4)27(33-5)26(18-9-7-6-8-10-18)22(23)16-24-21-12-11-20(31-3)15-19(21)13-14-30(24)28/h6-12,15-17H,13-14H2,1-5H3/q+1. The molecule has 0 N–H and O–H groups in total. The highest BCUT2D eigenvalue weighted by Crippen LogP contribution is 2.47. The van der Waals surface area contributed by atoms with Crippen LogP contribution in [-0.2, 0) is 13.0 Å². The summed E-state index contributed by atoms with van der Waals surface area (Å²) < 4.78 is 19.6. The lowest BCUT2D eigenvalue weighted by Gasteiger charge is -2.25. The molecule has 5 heteroatoms. The van der Waals surface area contributed by atoms with Crippen LogP contribution in [0.2, 0.25) is 0 Å². The summed E-state index contributed by atoms with van der Waals surface area (Å²) in [6.45, 7) is 0.897. The first-order chi connectivity index (χ1) is 16.1. The highest BCUT2D eigenvalue weighted by Gasteiger charge is 2.30. The Bertz CT molecular complexity index is 1350. The maximum Gasteiger partial charge on any atom is 0.284 e. The number of aromatic nitrogens is 1. The molecule has 168 valence electrons. The molecule has 0 fully saturated rings. The Kier molecular flexibility index (Phi) is 5.33.